The number of nitrogens with one attached hydrogen (secondary N) is 1. The summed E-state index contributed by atoms with van der Waals surface area (Å²) in [5.74, 6) is 0.850. The van der Waals surface area contributed by atoms with Crippen LogP contribution >= 0.6 is 27.3 Å². The van der Waals surface area contributed by atoms with Crippen molar-refractivity contribution in [3.63, 3.8) is 0 Å². The second kappa shape index (κ2) is 5.67. The number of aromatic nitrogens is 2. The minimum absolute atomic E-state index is 0.0307. The van der Waals surface area contributed by atoms with Gasteiger partial charge in [-0.1, -0.05) is 0 Å². The monoisotopic (exact) mass is 429 g/mol. The lowest BCUT2D eigenvalue weighted by molar-refractivity contribution is -0.116. The van der Waals surface area contributed by atoms with Gasteiger partial charge in [-0.2, -0.15) is 5.10 Å². The zero-order valence-electron chi connectivity index (χ0n) is 13.0. The maximum absolute atomic E-state index is 12.2. The molecule has 4 rings (SSSR count). The van der Waals surface area contributed by atoms with E-state index in [0.29, 0.717) is 18.7 Å². The Morgan fingerprint density at radius 1 is 1.42 bits per heavy atom. The van der Waals surface area contributed by atoms with Crippen molar-refractivity contribution in [2.45, 2.75) is 31.7 Å². The van der Waals surface area contributed by atoms with E-state index in [9.17, 15) is 13.2 Å². The molecule has 0 spiro atoms. The maximum Gasteiger partial charge on any atom is 0.226 e. The summed E-state index contributed by atoms with van der Waals surface area (Å²) < 4.78 is 26.4. The van der Waals surface area contributed by atoms with Crippen LogP contribution in [0.4, 0.5) is 5.82 Å². The first kappa shape index (κ1) is 16.3. The Balaban J connectivity index is 1.80. The molecule has 0 aromatic carbocycles. The number of sulfone groups is 1. The van der Waals surface area contributed by atoms with Crippen molar-refractivity contribution in [2.24, 2.45) is 0 Å². The summed E-state index contributed by atoms with van der Waals surface area (Å²) >= 11 is 5.09. The Morgan fingerprint density at radius 2 is 2.21 bits per heavy atom. The minimum atomic E-state index is -3.01. The number of carbonyl (C=O) groups is 1. The first-order valence-electron chi connectivity index (χ1n) is 7.68. The summed E-state index contributed by atoms with van der Waals surface area (Å²) in [7, 11) is -3.01. The van der Waals surface area contributed by atoms with Gasteiger partial charge in [0.2, 0.25) is 5.91 Å². The summed E-state index contributed by atoms with van der Waals surface area (Å²) in [6, 6.07) is 3.81. The van der Waals surface area contributed by atoms with E-state index in [-0.39, 0.29) is 29.4 Å². The predicted molar refractivity (Wildman–Crippen MR) is 96.4 cm³/mol. The van der Waals surface area contributed by atoms with Crippen LogP contribution < -0.4 is 5.32 Å². The van der Waals surface area contributed by atoms with E-state index in [0.717, 1.165) is 19.9 Å². The molecule has 128 valence electrons. The molecule has 0 unspecified atom stereocenters. The van der Waals surface area contributed by atoms with Crippen LogP contribution in [-0.2, 0) is 14.6 Å². The third kappa shape index (κ3) is 2.72. The summed E-state index contributed by atoms with van der Waals surface area (Å²) in [4.78, 5) is 13.4. The van der Waals surface area contributed by atoms with E-state index in [1.165, 1.54) is 0 Å². The number of thiophene rings is 1. The lowest BCUT2D eigenvalue weighted by Crippen LogP contribution is -2.26. The molecule has 6 nitrogen and oxygen atoms in total. The molecule has 0 bridgehead atoms. The number of hydrogen-bond acceptors (Lipinski definition) is 5. The van der Waals surface area contributed by atoms with E-state index < -0.39 is 9.84 Å². The van der Waals surface area contributed by atoms with E-state index in [1.807, 2.05) is 19.1 Å². The first-order chi connectivity index (χ1) is 11.3. The fourth-order valence-corrected chi connectivity index (χ4v) is 6.79. The van der Waals surface area contributed by atoms with E-state index in [4.69, 9.17) is 0 Å². The lowest BCUT2D eigenvalue weighted by Gasteiger charge is -2.24. The maximum atomic E-state index is 12.2. The first-order valence-corrected chi connectivity index (χ1v) is 11.1. The second-order valence-electron chi connectivity index (χ2n) is 6.30. The van der Waals surface area contributed by atoms with Gasteiger partial charge in [-0.3, -0.25) is 4.79 Å². The van der Waals surface area contributed by atoms with Gasteiger partial charge in [0.05, 0.1) is 27.0 Å². The number of carbonyl (C=O) groups excluding carboxylic acids is 1. The van der Waals surface area contributed by atoms with Crippen LogP contribution in [0.15, 0.2) is 15.9 Å². The molecule has 2 aromatic heterocycles. The van der Waals surface area contributed by atoms with E-state index in [1.54, 1.807) is 16.0 Å². The normalized spacial score (nSPS) is 25.5. The van der Waals surface area contributed by atoms with Gasteiger partial charge in [0, 0.05) is 22.8 Å². The Kier molecular flexibility index (Phi) is 3.85. The Hall–Kier alpha value is -1.19. The number of rotatable bonds is 2. The summed E-state index contributed by atoms with van der Waals surface area (Å²) in [6.45, 7) is 1.92. The number of anilines is 1. The summed E-state index contributed by atoms with van der Waals surface area (Å²) in [6.07, 6.45) is 0.927. The van der Waals surface area contributed by atoms with Gasteiger partial charge in [-0.15, -0.1) is 11.3 Å². The number of aryl methyl sites for hydroxylation is 1. The average molecular weight is 430 g/mol. The zero-order chi connectivity index (χ0) is 17.1. The lowest BCUT2D eigenvalue weighted by atomic mass is 9.90. The highest BCUT2D eigenvalue weighted by Crippen LogP contribution is 2.43. The molecular formula is C15H16BrN3O3S2. The van der Waals surface area contributed by atoms with Crippen LogP contribution in [0, 0.1) is 6.92 Å². The van der Waals surface area contributed by atoms with Crippen LogP contribution in [0.1, 0.15) is 40.9 Å². The quantitative estimate of drug-likeness (QED) is 0.795. The largest absolute Gasteiger partial charge is 0.311 e. The topological polar surface area (TPSA) is 81.1 Å². The van der Waals surface area contributed by atoms with Crippen molar-refractivity contribution in [3.8, 4) is 0 Å². The molecular weight excluding hydrogens is 414 g/mol. The minimum Gasteiger partial charge on any atom is -0.311 e. The number of hydrogen-bond donors (Lipinski definition) is 1. The highest BCUT2D eigenvalue weighted by Gasteiger charge is 2.37. The van der Waals surface area contributed by atoms with Gasteiger partial charge in [0.1, 0.15) is 5.82 Å². The second-order valence-corrected chi connectivity index (χ2v) is 11.0. The Morgan fingerprint density at radius 3 is 2.83 bits per heavy atom. The highest BCUT2D eigenvalue weighted by atomic mass is 79.9. The molecule has 2 aliphatic heterocycles. The van der Waals surface area contributed by atoms with Gasteiger partial charge in [-0.05, 0) is 41.4 Å². The fraction of sp³-hybridized carbons (Fsp3) is 0.467. The Labute approximate surface area is 152 Å². The average Bonchev–Trinajstić information content (AvgIpc) is 3.17. The fourth-order valence-electron chi connectivity index (χ4n) is 3.56. The number of halogens is 1. The van der Waals surface area contributed by atoms with Crippen LogP contribution in [0.25, 0.3) is 0 Å². The highest BCUT2D eigenvalue weighted by molar-refractivity contribution is 9.11. The SMILES string of the molecule is Cc1nn([C@@H]2CCS(=O)(=O)C2)c2c1[C@@H](c1ccc(Br)s1)CC(=O)N2. The summed E-state index contributed by atoms with van der Waals surface area (Å²) in [5, 5.41) is 7.51. The van der Waals surface area contributed by atoms with E-state index in [2.05, 4.69) is 26.3 Å². The van der Waals surface area contributed by atoms with Gasteiger partial charge < -0.3 is 5.32 Å². The predicted octanol–water partition coefficient (Wildman–Crippen LogP) is 2.85. The molecule has 24 heavy (non-hydrogen) atoms. The molecule has 1 amide bonds. The van der Waals surface area contributed by atoms with Crippen molar-refractivity contribution in [2.75, 3.05) is 16.8 Å². The molecule has 0 aliphatic carbocycles. The van der Waals surface area contributed by atoms with Crippen LogP contribution in [0.3, 0.4) is 0 Å². The van der Waals surface area contributed by atoms with E-state index >= 15 is 0 Å². The molecule has 2 atom stereocenters. The van der Waals surface area contributed by atoms with Crippen LogP contribution in [0.2, 0.25) is 0 Å². The zero-order valence-corrected chi connectivity index (χ0v) is 16.2. The van der Waals surface area contributed by atoms with Gasteiger partial charge in [0.15, 0.2) is 9.84 Å². The number of nitrogens with zero attached hydrogens (tertiary/aromatic N) is 2. The molecule has 4 heterocycles. The third-order valence-corrected chi connectivity index (χ3v) is 8.11. The molecule has 1 fully saturated rings. The molecule has 0 radical (unpaired) electrons. The van der Waals surface area contributed by atoms with Crippen molar-refractivity contribution in [1.29, 1.82) is 0 Å². The molecule has 0 saturated carbocycles. The number of fused-ring (bicyclic) bond motifs is 1. The van der Waals surface area contributed by atoms with Crippen molar-refractivity contribution < 1.29 is 13.2 Å². The Bertz CT molecular complexity index is 932. The molecule has 1 saturated heterocycles. The van der Waals surface area contributed by atoms with Crippen molar-refractivity contribution in [1.82, 2.24) is 9.78 Å². The summed E-state index contributed by atoms with van der Waals surface area (Å²) in [5.41, 5.74) is 1.86. The molecule has 2 aliphatic rings. The van der Waals surface area contributed by atoms with Gasteiger partial charge in [0.25, 0.3) is 0 Å². The third-order valence-electron chi connectivity index (χ3n) is 4.62. The molecule has 1 N–H and O–H groups in total. The molecule has 2 aromatic rings. The smallest absolute Gasteiger partial charge is 0.226 e. The molecule has 9 heteroatoms. The van der Waals surface area contributed by atoms with Gasteiger partial charge >= 0.3 is 0 Å². The van der Waals surface area contributed by atoms with Crippen molar-refractivity contribution >= 4 is 48.8 Å². The van der Waals surface area contributed by atoms with Crippen LogP contribution in [0.5, 0.6) is 0 Å². The van der Waals surface area contributed by atoms with Crippen molar-refractivity contribution in [3.05, 3.63) is 32.1 Å². The van der Waals surface area contributed by atoms with Gasteiger partial charge in [-0.25, -0.2) is 13.1 Å². The standard InChI is InChI=1S/C15H16BrN3O3S2/c1-8-14-10(11-2-3-12(16)23-11)6-13(20)17-15(14)19(18-8)9-4-5-24(21,22)7-9/h2-3,9-10H,4-7H2,1H3,(H,17,20)/t9-,10-/m1/s1. The number of amides is 1. The van der Waals surface area contributed by atoms with Crippen LogP contribution in [-0.4, -0.2) is 35.6 Å².